The number of benzene rings is 2. The monoisotopic (exact) mass is 535 g/mol. The number of hydrogen-bond donors (Lipinski definition) is 2. The Morgan fingerprint density at radius 2 is 2.11 bits per heavy atom. The van der Waals surface area contributed by atoms with Crippen LogP contribution in [0.15, 0.2) is 53.1 Å². The highest BCUT2D eigenvalue weighted by atomic mass is 35.5. The predicted octanol–water partition coefficient (Wildman–Crippen LogP) is 5.88. The largest absolute Gasteiger partial charge is 0.495 e. The van der Waals surface area contributed by atoms with Crippen LogP contribution in [0.2, 0.25) is 10.0 Å². The number of carbonyl (C=O) groups is 1. The molecule has 0 spiro atoms. The molecular formula is C27H23Cl2N5O3. The van der Waals surface area contributed by atoms with Crippen LogP contribution >= 0.6 is 23.2 Å². The molecular weight excluding hydrogens is 513 g/mol. The van der Waals surface area contributed by atoms with Crippen molar-refractivity contribution in [2.75, 3.05) is 19.0 Å². The van der Waals surface area contributed by atoms with Gasteiger partial charge in [0, 0.05) is 23.2 Å². The number of amides is 1. The first kappa shape index (κ1) is 24.9. The van der Waals surface area contributed by atoms with Crippen molar-refractivity contribution >= 4 is 51.4 Å². The van der Waals surface area contributed by atoms with Gasteiger partial charge in [-0.25, -0.2) is 0 Å². The van der Waals surface area contributed by atoms with Crippen LogP contribution in [0.25, 0.3) is 22.2 Å². The second-order valence-electron chi connectivity index (χ2n) is 8.78. The van der Waals surface area contributed by atoms with Crippen molar-refractivity contribution in [1.29, 1.82) is 5.26 Å². The maximum absolute atomic E-state index is 11.7. The van der Waals surface area contributed by atoms with E-state index in [2.05, 4.69) is 16.4 Å². The smallest absolute Gasteiger partial charge is 0.234 e. The van der Waals surface area contributed by atoms with Gasteiger partial charge in [-0.05, 0) is 49.7 Å². The minimum atomic E-state index is -0.302. The van der Waals surface area contributed by atoms with Gasteiger partial charge in [0.2, 0.25) is 5.91 Å². The van der Waals surface area contributed by atoms with Crippen LogP contribution in [0.3, 0.4) is 0 Å². The SMILES string of the molecule is COc1cc(Nc2c(C#N)cnc3cc(-c4ccc(CN5CCCC5C(N)=O)o4)ccc23)c(Cl)cc1Cl. The molecule has 1 aliphatic rings. The van der Waals surface area contributed by atoms with Crippen molar-refractivity contribution in [2.24, 2.45) is 5.73 Å². The number of fused-ring (bicyclic) bond motifs is 1. The summed E-state index contributed by atoms with van der Waals surface area (Å²) in [6.45, 7) is 1.33. The van der Waals surface area contributed by atoms with E-state index in [1.54, 1.807) is 12.1 Å². The fourth-order valence-electron chi connectivity index (χ4n) is 4.64. The van der Waals surface area contributed by atoms with Crippen molar-refractivity contribution in [3.8, 4) is 23.1 Å². The number of pyridine rings is 1. The number of rotatable bonds is 7. The number of nitriles is 1. The van der Waals surface area contributed by atoms with Crippen molar-refractivity contribution in [3.05, 3.63) is 70.0 Å². The minimum absolute atomic E-state index is 0.257. The summed E-state index contributed by atoms with van der Waals surface area (Å²) in [5, 5.41) is 14.5. The van der Waals surface area contributed by atoms with E-state index < -0.39 is 0 Å². The molecule has 1 fully saturated rings. The summed E-state index contributed by atoms with van der Waals surface area (Å²) in [5.41, 5.74) is 8.51. The molecule has 37 heavy (non-hydrogen) atoms. The number of methoxy groups -OCH3 is 1. The van der Waals surface area contributed by atoms with E-state index in [1.165, 1.54) is 13.3 Å². The lowest BCUT2D eigenvalue weighted by Crippen LogP contribution is -2.39. The van der Waals surface area contributed by atoms with Gasteiger partial charge in [0.15, 0.2) is 0 Å². The molecule has 1 unspecified atom stereocenters. The first-order valence-corrected chi connectivity index (χ1v) is 12.4. The van der Waals surface area contributed by atoms with Gasteiger partial charge >= 0.3 is 0 Å². The van der Waals surface area contributed by atoms with Crippen molar-refractivity contribution in [2.45, 2.75) is 25.4 Å². The average Bonchev–Trinajstić information content (AvgIpc) is 3.55. The second kappa shape index (κ2) is 10.3. The Kier molecular flexibility index (Phi) is 6.94. The molecule has 0 bridgehead atoms. The van der Waals surface area contributed by atoms with E-state index in [4.69, 9.17) is 38.1 Å². The third-order valence-electron chi connectivity index (χ3n) is 6.49. The summed E-state index contributed by atoms with van der Waals surface area (Å²) in [6, 6.07) is 14.7. The molecule has 10 heteroatoms. The minimum Gasteiger partial charge on any atom is -0.495 e. The standard InChI is InChI=1S/C27H23Cl2N5O3/c1-36-25-11-22(19(28)10-20(25)29)33-26-16(12-30)13-32-21-9-15(4-6-18(21)26)24-7-5-17(37-24)14-34-8-2-3-23(34)27(31)35/h4-7,9-11,13,23H,2-3,8,14H2,1H3,(H2,31,35)(H,32,33). The van der Waals surface area contributed by atoms with Crippen LogP contribution in [-0.2, 0) is 11.3 Å². The normalized spacial score (nSPS) is 15.6. The zero-order chi connectivity index (χ0) is 26.1. The van der Waals surface area contributed by atoms with E-state index in [0.717, 1.165) is 36.1 Å². The molecule has 4 aromatic rings. The van der Waals surface area contributed by atoms with Gasteiger partial charge in [-0.1, -0.05) is 29.3 Å². The molecule has 5 rings (SSSR count). The number of primary amides is 1. The van der Waals surface area contributed by atoms with E-state index in [-0.39, 0.29) is 11.9 Å². The van der Waals surface area contributed by atoms with Crippen LogP contribution in [-0.4, -0.2) is 35.5 Å². The number of nitrogens with one attached hydrogen (secondary N) is 1. The first-order valence-electron chi connectivity index (χ1n) is 11.6. The van der Waals surface area contributed by atoms with Gasteiger partial charge in [0.05, 0.1) is 52.2 Å². The topological polar surface area (TPSA) is 117 Å². The van der Waals surface area contributed by atoms with E-state index in [0.29, 0.717) is 50.6 Å². The molecule has 8 nitrogen and oxygen atoms in total. The highest BCUT2D eigenvalue weighted by Gasteiger charge is 2.29. The van der Waals surface area contributed by atoms with E-state index in [1.807, 2.05) is 35.2 Å². The predicted molar refractivity (Wildman–Crippen MR) is 143 cm³/mol. The number of anilines is 2. The van der Waals surface area contributed by atoms with Crippen LogP contribution in [0.1, 0.15) is 24.2 Å². The lowest BCUT2D eigenvalue weighted by molar-refractivity contribution is -0.122. The van der Waals surface area contributed by atoms with Gasteiger partial charge in [-0.3, -0.25) is 14.7 Å². The number of halogens is 2. The average molecular weight is 536 g/mol. The van der Waals surface area contributed by atoms with Gasteiger partial charge in [0.1, 0.15) is 23.3 Å². The molecule has 1 aliphatic heterocycles. The quantitative estimate of drug-likeness (QED) is 0.303. The van der Waals surface area contributed by atoms with Gasteiger partial charge in [0.25, 0.3) is 0 Å². The Morgan fingerprint density at radius 3 is 2.86 bits per heavy atom. The zero-order valence-corrected chi connectivity index (χ0v) is 21.4. The fourth-order valence-corrected chi connectivity index (χ4v) is 5.15. The molecule has 2 aromatic carbocycles. The maximum Gasteiger partial charge on any atom is 0.234 e. The summed E-state index contributed by atoms with van der Waals surface area (Å²) in [6.07, 6.45) is 3.22. The summed E-state index contributed by atoms with van der Waals surface area (Å²) < 4.78 is 11.4. The second-order valence-corrected chi connectivity index (χ2v) is 9.59. The number of furan rings is 1. The molecule has 3 heterocycles. The molecule has 2 aromatic heterocycles. The van der Waals surface area contributed by atoms with Crippen molar-refractivity contribution in [3.63, 3.8) is 0 Å². The molecule has 1 amide bonds. The number of nitrogens with zero attached hydrogens (tertiary/aromatic N) is 3. The number of hydrogen-bond acceptors (Lipinski definition) is 7. The number of carbonyl (C=O) groups excluding carboxylic acids is 1. The third kappa shape index (κ3) is 4.94. The lowest BCUT2D eigenvalue weighted by Gasteiger charge is -2.20. The van der Waals surface area contributed by atoms with E-state index >= 15 is 0 Å². The third-order valence-corrected chi connectivity index (χ3v) is 7.10. The van der Waals surface area contributed by atoms with Gasteiger partial charge < -0.3 is 20.2 Å². The molecule has 0 aliphatic carbocycles. The number of likely N-dealkylation sites (tertiary alicyclic amines) is 1. The van der Waals surface area contributed by atoms with Crippen molar-refractivity contribution in [1.82, 2.24) is 9.88 Å². The Bertz CT molecular complexity index is 1550. The Hall–Kier alpha value is -3.77. The summed E-state index contributed by atoms with van der Waals surface area (Å²) in [7, 11) is 1.52. The Balaban J connectivity index is 1.46. The highest BCUT2D eigenvalue weighted by molar-refractivity contribution is 6.37. The zero-order valence-electron chi connectivity index (χ0n) is 19.9. The van der Waals surface area contributed by atoms with Crippen LogP contribution in [0, 0.1) is 11.3 Å². The molecule has 0 saturated carbocycles. The summed E-state index contributed by atoms with van der Waals surface area (Å²) >= 11 is 12.6. The number of ether oxygens (including phenoxy) is 1. The number of aromatic nitrogens is 1. The summed E-state index contributed by atoms with van der Waals surface area (Å²) in [5.74, 6) is 1.59. The fraction of sp³-hybridized carbons (Fsp3) is 0.222. The lowest BCUT2D eigenvalue weighted by atomic mass is 10.1. The van der Waals surface area contributed by atoms with Crippen LogP contribution in [0.4, 0.5) is 11.4 Å². The van der Waals surface area contributed by atoms with Crippen molar-refractivity contribution < 1.29 is 13.9 Å². The van der Waals surface area contributed by atoms with Crippen LogP contribution < -0.4 is 15.8 Å². The maximum atomic E-state index is 11.7. The highest BCUT2D eigenvalue weighted by Crippen LogP contribution is 2.38. The Morgan fingerprint density at radius 1 is 1.27 bits per heavy atom. The number of nitrogens with two attached hydrogens (primary N) is 1. The molecule has 1 saturated heterocycles. The molecule has 1 atom stereocenters. The molecule has 3 N–H and O–H groups in total. The molecule has 0 radical (unpaired) electrons. The Labute approximate surface area is 223 Å². The van der Waals surface area contributed by atoms with Gasteiger partial charge in [-0.15, -0.1) is 0 Å². The summed E-state index contributed by atoms with van der Waals surface area (Å²) in [4.78, 5) is 18.2. The van der Waals surface area contributed by atoms with Crippen LogP contribution in [0.5, 0.6) is 5.75 Å². The molecule has 188 valence electrons. The van der Waals surface area contributed by atoms with E-state index in [9.17, 15) is 10.1 Å². The first-order chi connectivity index (χ1) is 17.9. The van der Waals surface area contributed by atoms with Gasteiger partial charge in [-0.2, -0.15) is 5.26 Å².